The first-order valence-electron chi connectivity index (χ1n) is 7.10. The fourth-order valence-corrected chi connectivity index (χ4v) is 5.52. The smallest absolute Gasteiger partial charge is 0.165 e. The summed E-state index contributed by atoms with van der Waals surface area (Å²) in [6.45, 7) is 4.53. The van der Waals surface area contributed by atoms with Gasteiger partial charge in [-0.25, -0.2) is 4.39 Å². The van der Waals surface area contributed by atoms with Crippen molar-refractivity contribution < 1.29 is 9.13 Å². The molecule has 2 rings (SSSR count). The maximum atomic E-state index is 13.8. The van der Waals surface area contributed by atoms with Crippen LogP contribution in [0.3, 0.4) is 0 Å². The van der Waals surface area contributed by atoms with Gasteiger partial charge in [-0.1, -0.05) is 19.9 Å². The van der Waals surface area contributed by atoms with Crippen molar-refractivity contribution in [3.8, 4) is 5.75 Å². The van der Waals surface area contributed by atoms with E-state index >= 15 is 0 Å². The van der Waals surface area contributed by atoms with Gasteiger partial charge in [-0.05, 0) is 24.1 Å². The Bertz CT molecular complexity index is 475. The fourth-order valence-electron chi connectivity index (χ4n) is 2.41. The van der Waals surface area contributed by atoms with Gasteiger partial charge >= 0.3 is 0 Å². The Morgan fingerprint density at radius 2 is 2.19 bits per heavy atom. The van der Waals surface area contributed by atoms with Gasteiger partial charge < -0.3 is 4.74 Å². The number of hydrogen-bond acceptors (Lipinski definition) is 5. The molecule has 6 heteroatoms. The van der Waals surface area contributed by atoms with E-state index in [4.69, 9.17) is 10.6 Å². The molecule has 3 N–H and O–H groups in total. The quantitative estimate of drug-likeness (QED) is 0.642. The summed E-state index contributed by atoms with van der Waals surface area (Å²) in [7, 11) is 1.47. The van der Waals surface area contributed by atoms with Crippen LogP contribution in [-0.4, -0.2) is 34.7 Å². The molecule has 1 aromatic carbocycles. The van der Waals surface area contributed by atoms with E-state index in [1.165, 1.54) is 13.2 Å². The molecular weight excluding hydrogens is 307 g/mol. The minimum Gasteiger partial charge on any atom is -0.494 e. The minimum atomic E-state index is -0.321. The lowest BCUT2D eigenvalue weighted by molar-refractivity contribution is 0.386. The lowest BCUT2D eigenvalue weighted by atomic mass is 10.0. The van der Waals surface area contributed by atoms with E-state index in [2.05, 4.69) is 19.3 Å². The van der Waals surface area contributed by atoms with Crippen LogP contribution in [-0.2, 0) is 6.42 Å². The Hall–Kier alpha value is -0.430. The average Bonchev–Trinajstić information content (AvgIpc) is 2.48. The van der Waals surface area contributed by atoms with Crippen LogP contribution in [0, 0.1) is 5.82 Å². The molecule has 0 saturated carbocycles. The van der Waals surface area contributed by atoms with E-state index in [1.807, 2.05) is 29.6 Å². The molecule has 0 radical (unpaired) electrons. The molecule has 3 nitrogen and oxygen atoms in total. The third-order valence-corrected chi connectivity index (χ3v) is 7.46. The van der Waals surface area contributed by atoms with Crippen molar-refractivity contribution in [1.29, 1.82) is 0 Å². The largest absolute Gasteiger partial charge is 0.494 e. The zero-order valence-electron chi connectivity index (χ0n) is 12.6. The fraction of sp³-hybridized carbons (Fsp3) is 0.600. The Kier molecular flexibility index (Phi) is 6.22. The van der Waals surface area contributed by atoms with E-state index in [-0.39, 0.29) is 17.6 Å². The monoisotopic (exact) mass is 330 g/mol. The third-order valence-electron chi connectivity index (χ3n) is 3.91. The van der Waals surface area contributed by atoms with Gasteiger partial charge in [0.15, 0.2) is 11.6 Å². The zero-order chi connectivity index (χ0) is 15.4. The maximum Gasteiger partial charge on any atom is 0.165 e. The van der Waals surface area contributed by atoms with Gasteiger partial charge in [0.2, 0.25) is 0 Å². The molecule has 1 aromatic rings. The number of benzene rings is 1. The molecule has 0 aromatic heterocycles. The number of halogens is 1. The van der Waals surface area contributed by atoms with E-state index in [0.717, 1.165) is 17.7 Å². The summed E-state index contributed by atoms with van der Waals surface area (Å²) >= 11 is 3.96. The van der Waals surface area contributed by atoms with Gasteiger partial charge in [-0.15, -0.1) is 0 Å². The SMILES string of the molecule is COc1ccc(CC(NN)C2CSC(C)C(C)S2)cc1F. The molecule has 0 amide bonds. The lowest BCUT2D eigenvalue weighted by Gasteiger charge is -2.35. The number of nitrogens with two attached hydrogens (primary N) is 1. The van der Waals surface area contributed by atoms with Crippen LogP contribution in [0.4, 0.5) is 4.39 Å². The Balaban J connectivity index is 2.03. The number of thioether (sulfide) groups is 2. The van der Waals surface area contributed by atoms with Gasteiger partial charge in [0, 0.05) is 27.5 Å². The first-order valence-corrected chi connectivity index (χ1v) is 9.10. The number of ether oxygens (including phenoxy) is 1. The summed E-state index contributed by atoms with van der Waals surface area (Å²) in [4.78, 5) is 0. The van der Waals surface area contributed by atoms with Gasteiger partial charge in [0.25, 0.3) is 0 Å². The van der Waals surface area contributed by atoms with Crippen molar-refractivity contribution >= 4 is 23.5 Å². The van der Waals surface area contributed by atoms with Gasteiger partial charge in [0.1, 0.15) is 0 Å². The molecule has 1 heterocycles. The third kappa shape index (κ3) is 4.28. The van der Waals surface area contributed by atoms with E-state index in [0.29, 0.717) is 15.7 Å². The van der Waals surface area contributed by atoms with Crippen molar-refractivity contribution in [3.63, 3.8) is 0 Å². The Morgan fingerprint density at radius 1 is 1.43 bits per heavy atom. The minimum absolute atomic E-state index is 0.144. The zero-order valence-corrected chi connectivity index (χ0v) is 14.3. The van der Waals surface area contributed by atoms with Gasteiger partial charge in [-0.2, -0.15) is 23.5 Å². The number of methoxy groups -OCH3 is 1. The lowest BCUT2D eigenvalue weighted by Crippen LogP contribution is -2.47. The van der Waals surface area contributed by atoms with Crippen LogP contribution in [0.2, 0.25) is 0 Å². The highest BCUT2D eigenvalue weighted by molar-refractivity contribution is 8.07. The van der Waals surface area contributed by atoms with Crippen LogP contribution in [0.1, 0.15) is 19.4 Å². The van der Waals surface area contributed by atoms with Crippen molar-refractivity contribution in [2.45, 2.75) is 42.1 Å². The normalized spacial score (nSPS) is 27.4. The van der Waals surface area contributed by atoms with Crippen LogP contribution in [0.25, 0.3) is 0 Å². The summed E-state index contributed by atoms with van der Waals surface area (Å²) in [6.07, 6.45) is 0.719. The summed E-state index contributed by atoms with van der Waals surface area (Å²) in [5.41, 5.74) is 3.85. The molecule has 4 unspecified atom stereocenters. The number of nitrogens with one attached hydrogen (secondary N) is 1. The number of hydrogen-bond donors (Lipinski definition) is 2. The number of rotatable bonds is 5. The molecule has 0 spiro atoms. The maximum absolute atomic E-state index is 13.8. The highest BCUT2D eigenvalue weighted by atomic mass is 32.2. The second kappa shape index (κ2) is 7.72. The molecule has 4 atom stereocenters. The highest BCUT2D eigenvalue weighted by Crippen LogP contribution is 2.37. The van der Waals surface area contributed by atoms with Gasteiger partial charge in [-0.3, -0.25) is 11.3 Å². The van der Waals surface area contributed by atoms with E-state index in [1.54, 1.807) is 6.07 Å². The molecule has 1 saturated heterocycles. The van der Waals surface area contributed by atoms with Crippen LogP contribution in [0.5, 0.6) is 5.75 Å². The molecule has 1 aliphatic heterocycles. The van der Waals surface area contributed by atoms with Crippen molar-refractivity contribution in [3.05, 3.63) is 29.6 Å². The number of hydrazine groups is 1. The topological polar surface area (TPSA) is 47.3 Å². The van der Waals surface area contributed by atoms with Crippen LogP contribution >= 0.6 is 23.5 Å². The molecule has 1 aliphatic rings. The van der Waals surface area contributed by atoms with Crippen molar-refractivity contribution in [2.75, 3.05) is 12.9 Å². The van der Waals surface area contributed by atoms with Crippen molar-refractivity contribution in [1.82, 2.24) is 5.43 Å². The Morgan fingerprint density at radius 3 is 2.76 bits per heavy atom. The van der Waals surface area contributed by atoms with Crippen LogP contribution in [0.15, 0.2) is 18.2 Å². The molecule has 118 valence electrons. The standard InChI is InChI=1S/C15H23FN2OS2/c1-9-10(2)21-15(8-20-9)13(18-17)7-11-4-5-14(19-3)12(16)6-11/h4-6,9-10,13,15,18H,7-8,17H2,1-3H3. The first-order chi connectivity index (χ1) is 10.0. The second-order valence-corrected chi connectivity index (χ2v) is 8.40. The summed E-state index contributed by atoms with van der Waals surface area (Å²) in [6, 6.07) is 5.26. The molecule has 0 aliphatic carbocycles. The molecule has 0 bridgehead atoms. The molecule has 21 heavy (non-hydrogen) atoms. The van der Waals surface area contributed by atoms with E-state index in [9.17, 15) is 4.39 Å². The second-order valence-electron chi connectivity index (χ2n) is 5.36. The molecule has 1 fully saturated rings. The van der Waals surface area contributed by atoms with E-state index < -0.39 is 0 Å². The summed E-state index contributed by atoms with van der Waals surface area (Å²) in [5, 5.41) is 1.72. The Labute approximate surface area is 134 Å². The highest BCUT2D eigenvalue weighted by Gasteiger charge is 2.31. The first kappa shape index (κ1) is 16.9. The predicted molar refractivity (Wildman–Crippen MR) is 90.5 cm³/mol. The predicted octanol–water partition coefficient (Wildman–Crippen LogP) is 2.83. The van der Waals surface area contributed by atoms with Gasteiger partial charge in [0.05, 0.1) is 7.11 Å². The average molecular weight is 330 g/mol. The summed E-state index contributed by atoms with van der Waals surface area (Å²) in [5.74, 6) is 6.77. The van der Waals surface area contributed by atoms with Crippen LogP contribution < -0.4 is 16.0 Å². The summed E-state index contributed by atoms with van der Waals surface area (Å²) < 4.78 is 18.7. The van der Waals surface area contributed by atoms with Crippen molar-refractivity contribution in [2.24, 2.45) is 5.84 Å². The molecular formula is C15H23FN2OS2.